The SMILES string of the molecule is COCC(=C=CC[C@@H](O)c1ccc(OCCO)cc1)C[C@@H](O)c1cc(Cl)cc(Cl)c1O. The number of methoxy groups -OCH3 is 1. The molecule has 0 saturated carbocycles. The van der Waals surface area contributed by atoms with Crippen LogP contribution in [0.1, 0.15) is 36.2 Å². The predicted molar refractivity (Wildman–Crippen MR) is 120 cm³/mol. The van der Waals surface area contributed by atoms with E-state index in [1.165, 1.54) is 19.2 Å². The lowest BCUT2D eigenvalue weighted by Gasteiger charge is -2.15. The topological polar surface area (TPSA) is 99.4 Å². The molecule has 168 valence electrons. The number of benzene rings is 2. The minimum absolute atomic E-state index is 0.0604. The molecule has 0 aliphatic carbocycles. The van der Waals surface area contributed by atoms with Gasteiger partial charge in [0.2, 0.25) is 0 Å². The van der Waals surface area contributed by atoms with Crippen molar-refractivity contribution < 1.29 is 29.9 Å². The summed E-state index contributed by atoms with van der Waals surface area (Å²) in [5, 5.41) is 40.2. The van der Waals surface area contributed by atoms with E-state index in [1.54, 1.807) is 30.3 Å². The molecule has 0 fully saturated rings. The quantitative estimate of drug-likeness (QED) is 0.366. The average Bonchev–Trinajstić information content (AvgIpc) is 2.75. The Hall–Kier alpha value is -2.02. The number of halogens is 2. The first-order chi connectivity index (χ1) is 14.8. The van der Waals surface area contributed by atoms with Crippen LogP contribution in [-0.4, -0.2) is 47.4 Å². The molecule has 0 saturated heterocycles. The number of ether oxygens (including phenoxy) is 2. The second-order valence-corrected chi connectivity index (χ2v) is 7.67. The summed E-state index contributed by atoms with van der Waals surface area (Å²) >= 11 is 11.9. The molecule has 0 unspecified atom stereocenters. The molecular formula is C23H26Cl2O6. The van der Waals surface area contributed by atoms with Crippen LogP contribution < -0.4 is 4.74 Å². The number of rotatable bonds is 11. The molecule has 6 nitrogen and oxygen atoms in total. The molecule has 2 rings (SSSR count). The molecule has 0 bridgehead atoms. The fourth-order valence-corrected chi connectivity index (χ4v) is 3.43. The summed E-state index contributed by atoms with van der Waals surface area (Å²) in [4.78, 5) is 0. The minimum Gasteiger partial charge on any atom is -0.506 e. The van der Waals surface area contributed by atoms with Gasteiger partial charge in [0.15, 0.2) is 0 Å². The lowest BCUT2D eigenvalue weighted by molar-refractivity contribution is 0.161. The number of aromatic hydroxyl groups is 1. The van der Waals surface area contributed by atoms with Crippen molar-refractivity contribution in [2.24, 2.45) is 0 Å². The third kappa shape index (κ3) is 7.87. The van der Waals surface area contributed by atoms with Crippen LogP contribution in [0.15, 0.2) is 53.8 Å². The van der Waals surface area contributed by atoms with Crippen LogP contribution >= 0.6 is 23.2 Å². The van der Waals surface area contributed by atoms with Gasteiger partial charge in [-0.2, -0.15) is 0 Å². The molecule has 0 aromatic heterocycles. The summed E-state index contributed by atoms with van der Waals surface area (Å²) in [6.45, 7) is 0.363. The minimum atomic E-state index is -1.06. The van der Waals surface area contributed by atoms with Crippen LogP contribution in [0, 0.1) is 0 Å². The third-order valence-electron chi connectivity index (χ3n) is 4.45. The van der Waals surface area contributed by atoms with Gasteiger partial charge in [0.25, 0.3) is 0 Å². The maximum absolute atomic E-state index is 10.5. The molecule has 0 amide bonds. The standard InChI is InChI=1S/C23H26Cl2O6/c1-30-14-15(11-22(28)19-12-17(24)13-20(25)23(19)29)3-2-4-21(27)16-5-7-18(8-6-16)31-10-9-26/h2,5-8,12-13,21-22,26-29H,4,9-11,14H2,1H3/t3?,21-,22-/m1/s1. The second-order valence-electron chi connectivity index (χ2n) is 6.82. The summed E-state index contributed by atoms with van der Waals surface area (Å²) in [5.74, 6) is 0.391. The number of aliphatic hydroxyl groups excluding tert-OH is 3. The van der Waals surface area contributed by atoms with Gasteiger partial charge in [-0.05, 0) is 41.5 Å². The van der Waals surface area contributed by atoms with Crippen molar-refractivity contribution in [2.45, 2.75) is 25.0 Å². The molecule has 2 atom stereocenters. The molecule has 0 aliphatic heterocycles. The molecule has 2 aromatic carbocycles. The lowest BCUT2D eigenvalue weighted by Crippen LogP contribution is -2.04. The maximum Gasteiger partial charge on any atom is 0.140 e. The zero-order chi connectivity index (χ0) is 22.8. The molecule has 4 N–H and O–H groups in total. The van der Waals surface area contributed by atoms with Crippen LogP contribution in [-0.2, 0) is 4.74 Å². The van der Waals surface area contributed by atoms with E-state index in [9.17, 15) is 15.3 Å². The maximum atomic E-state index is 10.5. The van der Waals surface area contributed by atoms with Gasteiger partial charge >= 0.3 is 0 Å². The van der Waals surface area contributed by atoms with Gasteiger partial charge < -0.3 is 29.9 Å². The van der Waals surface area contributed by atoms with E-state index in [-0.39, 0.29) is 42.6 Å². The fourth-order valence-electron chi connectivity index (χ4n) is 2.92. The van der Waals surface area contributed by atoms with E-state index in [0.29, 0.717) is 28.3 Å². The van der Waals surface area contributed by atoms with Crippen LogP contribution in [0.5, 0.6) is 11.5 Å². The zero-order valence-electron chi connectivity index (χ0n) is 17.1. The highest BCUT2D eigenvalue weighted by molar-refractivity contribution is 6.35. The van der Waals surface area contributed by atoms with Crippen molar-refractivity contribution in [3.63, 3.8) is 0 Å². The van der Waals surface area contributed by atoms with Crippen molar-refractivity contribution >= 4 is 23.2 Å². The van der Waals surface area contributed by atoms with E-state index in [2.05, 4.69) is 5.73 Å². The van der Waals surface area contributed by atoms with Gasteiger partial charge in [-0.1, -0.05) is 35.3 Å². The summed E-state index contributed by atoms with van der Waals surface area (Å²) in [6, 6.07) is 9.80. The Labute approximate surface area is 191 Å². The Kier molecular flexibility index (Phi) is 10.4. The molecule has 0 heterocycles. The number of phenols is 1. The number of phenolic OH excluding ortho intramolecular Hbond substituents is 1. The highest BCUT2D eigenvalue weighted by Crippen LogP contribution is 2.36. The first-order valence-corrected chi connectivity index (χ1v) is 10.4. The van der Waals surface area contributed by atoms with Crippen molar-refractivity contribution in [2.75, 3.05) is 26.9 Å². The molecule has 2 aromatic rings. The highest BCUT2D eigenvalue weighted by atomic mass is 35.5. The number of hydrogen-bond donors (Lipinski definition) is 4. The van der Waals surface area contributed by atoms with Crippen molar-refractivity contribution in [1.29, 1.82) is 0 Å². The van der Waals surface area contributed by atoms with E-state index < -0.39 is 12.2 Å². The highest BCUT2D eigenvalue weighted by Gasteiger charge is 2.17. The van der Waals surface area contributed by atoms with E-state index in [0.717, 1.165) is 0 Å². The van der Waals surface area contributed by atoms with Gasteiger partial charge in [-0.3, -0.25) is 0 Å². The van der Waals surface area contributed by atoms with Crippen LogP contribution in [0.3, 0.4) is 0 Å². The van der Waals surface area contributed by atoms with Gasteiger partial charge in [-0.15, -0.1) is 5.73 Å². The predicted octanol–water partition coefficient (Wildman–Crippen LogP) is 4.35. The largest absolute Gasteiger partial charge is 0.506 e. The second kappa shape index (κ2) is 12.7. The van der Waals surface area contributed by atoms with Crippen LogP contribution in [0.2, 0.25) is 10.0 Å². The van der Waals surface area contributed by atoms with E-state index in [1.807, 2.05) is 0 Å². The Balaban J connectivity index is 2.07. The molecule has 0 aliphatic rings. The summed E-state index contributed by atoms with van der Waals surface area (Å²) in [6.07, 6.45) is 0.311. The average molecular weight is 469 g/mol. The summed E-state index contributed by atoms with van der Waals surface area (Å²) in [7, 11) is 1.52. The van der Waals surface area contributed by atoms with E-state index >= 15 is 0 Å². The summed E-state index contributed by atoms with van der Waals surface area (Å²) in [5.41, 5.74) is 4.63. The van der Waals surface area contributed by atoms with E-state index in [4.69, 9.17) is 37.8 Å². The number of hydrogen-bond acceptors (Lipinski definition) is 6. The first-order valence-electron chi connectivity index (χ1n) is 9.65. The molecule has 31 heavy (non-hydrogen) atoms. The lowest BCUT2D eigenvalue weighted by atomic mass is 10.0. The Morgan fingerprint density at radius 3 is 2.48 bits per heavy atom. The molecule has 0 spiro atoms. The molecule has 8 heteroatoms. The number of aliphatic hydroxyl groups is 3. The molecule has 0 radical (unpaired) electrons. The van der Waals surface area contributed by atoms with Gasteiger partial charge in [-0.25, -0.2) is 0 Å². The normalized spacial score (nSPS) is 12.7. The smallest absolute Gasteiger partial charge is 0.140 e. The van der Waals surface area contributed by atoms with Crippen molar-refractivity contribution in [3.8, 4) is 11.5 Å². The summed E-state index contributed by atoms with van der Waals surface area (Å²) < 4.78 is 10.5. The third-order valence-corrected chi connectivity index (χ3v) is 4.95. The van der Waals surface area contributed by atoms with Crippen molar-refractivity contribution in [1.82, 2.24) is 0 Å². The van der Waals surface area contributed by atoms with Gasteiger partial charge in [0.1, 0.15) is 18.1 Å². The fraction of sp³-hybridized carbons (Fsp3) is 0.348. The Bertz CT molecular complexity index is 907. The van der Waals surface area contributed by atoms with Crippen LogP contribution in [0.4, 0.5) is 0 Å². The zero-order valence-corrected chi connectivity index (χ0v) is 18.6. The van der Waals surface area contributed by atoms with Crippen molar-refractivity contribution in [3.05, 3.63) is 75.0 Å². The van der Waals surface area contributed by atoms with Crippen LogP contribution in [0.25, 0.3) is 0 Å². The first kappa shape index (κ1) is 25.2. The Morgan fingerprint density at radius 2 is 1.84 bits per heavy atom. The van der Waals surface area contributed by atoms with Gasteiger partial charge in [0, 0.05) is 30.5 Å². The molecular weight excluding hydrogens is 443 g/mol. The monoisotopic (exact) mass is 468 g/mol. The Morgan fingerprint density at radius 1 is 1.13 bits per heavy atom. The van der Waals surface area contributed by atoms with Gasteiger partial charge in [0.05, 0.1) is 30.4 Å².